The highest BCUT2D eigenvalue weighted by atomic mass is 35.5. The third kappa shape index (κ3) is 2.04. The van der Waals surface area contributed by atoms with Gasteiger partial charge in [0.25, 0.3) is 5.91 Å². The Labute approximate surface area is 115 Å². The highest BCUT2D eigenvalue weighted by Gasteiger charge is 2.56. The van der Waals surface area contributed by atoms with Crippen molar-refractivity contribution in [2.45, 2.75) is 30.9 Å². The van der Waals surface area contributed by atoms with Crippen LogP contribution < -0.4 is 15.4 Å². The van der Waals surface area contributed by atoms with Crippen molar-refractivity contribution in [1.82, 2.24) is 10.6 Å². The van der Waals surface area contributed by atoms with Gasteiger partial charge in [-0.1, -0.05) is 11.6 Å². The van der Waals surface area contributed by atoms with E-state index in [-0.39, 0.29) is 12.0 Å². The van der Waals surface area contributed by atoms with Crippen LogP contribution in [0.1, 0.15) is 19.3 Å². The maximum absolute atomic E-state index is 12.0. The molecule has 3 rings (SSSR count). The van der Waals surface area contributed by atoms with Crippen molar-refractivity contribution < 1.29 is 14.3 Å². The first-order chi connectivity index (χ1) is 9.10. The lowest BCUT2D eigenvalue weighted by Gasteiger charge is -2.28. The molecule has 5 nitrogen and oxygen atoms in total. The molecule has 2 fully saturated rings. The minimum atomic E-state index is -0.920. The highest BCUT2D eigenvalue weighted by Crippen LogP contribution is 2.35. The number of carbonyl (C=O) groups is 2. The molecule has 1 aromatic carbocycles. The second-order valence-electron chi connectivity index (χ2n) is 4.83. The third-order valence-corrected chi connectivity index (χ3v) is 3.90. The minimum absolute atomic E-state index is 0.297. The quantitative estimate of drug-likeness (QED) is 0.813. The Morgan fingerprint density at radius 2 is 2.00 bits per heavy atom. The SMILES string of the molecule is O=C1NC(=O)C2(CCCC2Oc2ccc(Cl)cc2)N1. The Bertz CT molecular complexity index is 531. The van der Waals surface area contributed by atoms with Crippen LogP contribution >= 0.6 is 11.6 Å². The summed E-state index contributed by atoms with van der Waals surface area (Å²) in [4.78, 5) is 23.3. The van der Waals surface area contributed by atoms with E-state index in [1.54, 1.807) is 24.3 Å². The van der Waals surface area contributed by atoms with E-state index < -0.39 is 11.6 Å². The van der Waals surface area contributed by atoms with Crippen LogP contribution in [0.15, 0.2) is 24.3 Å². The van der Waals surface area contributed by atoms with E-state index in [1.165, 1.54) is 0 Å². The number of carbonyl (C=O) groups excluding carboxylic acids is 2. The van der Waals surface area contributed by atoms with E-state index in [2.05, 4.69) is 10.6 Å². The van der Waals surface area contributed by atoms with E-state index in [9.17, 15) is 9.59 Å². The van der Waals surface area contributed by atoms with Gasteiger partial charge in [0, 0.05) is 5.02 Å². The first-order valence-electron chi connectivity index (χ1n) is 6.16. The van der Waals surface area contributed by atoms with Gasteiger partial charge in [-0.15, -0.1) is 0 Å². The smallest absolute Gasteiger partial charge is 0.322 e. The topological polar surface area (TPSA) is 67.4 Å². The molecular formula is C13H13ClN2O3. The van der Waals surface area contributed by atoms with E-state index in [4.69, 9.17) is 16.3 Å². The summed E-state index contributed by atoms with van der Waals surface area (Å²) < 4.78 is 5.85. The molecule has 3 amide bonds. The average molecular weight is 281 g/mol. The summed E-state index contributed by atoms with van der Waals surface area (Å²) in [5, 5.41) is 5.62. The molecule has 6 heteroatoms. The second kappa shape index (κ2) is 4.42. The minimum Gasteiger partial charge on any atom is -0.487 e. The molecule has 2 aliphatic rings. The number of rotatable bonds is 2. The fourth-order valence-electron chi connectivity index (χ4n) is 2.72. The van der Waals surface area contributed by atoms with Crippen molar-refractivity contribution in [2.24, 2.45) is 0 Å². The first kappa shape index (κ1) is 12.3. The molecule has 2 atom stereocenters. The fraction of sp³-hybridized carbons (Fsp3) is 0.385. The van der Waals surface area contributed by atoms with Gasteiger partial charge in [-0.2, -0.15) is 0 Å². The predicted molar refractivity (Wildman–Crippen MR) is 69.1 cm³/mol. The van der Waals surface area contributed by atoms with Gasteiger partial charge in [-0.3, -0.25) is 10.1 Å². The molecule has 1 aliphatic heterocycles. The first-order valence-corrected chi connectivity index (χ1v) is 6.54. The van der Waals surface area contributed by atoms with E-state index >= 15 is 0 Å². The average Bonchev–Trinajstić information content (AvgIpc) is 2.88. The number of benzene rings is 1. The summed E-state index contributed by atoms with van der Waals surface area (Å²) in [7, 11) is 0. The van der Waals surface area contributed by atoms with Crippen LogP contribution in [0.3, 0.4) is 0 Å². The highest BCUT2D eigenvalue weighted by molar-refractivity contribution is 6.30. The van der Waals surface area contributed by atoms with Crippen LogP contribution in [0.4, 0.5) is 4.79 Å². The maximum Gasteiger partial charge on any atom is 0.322 e. The van der Waals surface area contributed by atoms with Crippen LogP contribution in [0.2, 0.25) is 5.02 Å². The number of nitrogens with one attached hydrogen (secondary N) is 2. The summed E-state index contributed by atoms with van der Waals surface area (Å²) in [6.45, 7) is 0. The molecule has 1 spiro atoms. The molecule has 0 radical (unpaired) electrons. The monoisotopic (exact) mass is 280 g/mol. The zero-order chi connectivity index (χ0) is 13.5. The Hall–Kier alpha value is -1.75. The van der Waals surface area contributed by atoms with Gasteiger partial charge in [0.15, 0.2) is 5.54 Å². The normalized spacial score (nSPS) is 29.4. The molecule has 1 aromatic rings. The van der Waals surface area contributed by atoms with E-state index in [1.807, 2.05) is 0 Å². The summed E-state index contributed by atoms with van der Waals surface area (Å²) in [6, 6.07) is 6.51. The standard InChI is InChI=1S/C13H13ClN2O3/c14-8-3-5-9(6-4-8)19-10-2-1-7-13(10)11(17)15-12(18)16-13/h3-6,10H,1-2,7H2,(H2,15,16,17,18). The molecule has 19 heavy (non-hydrogen) atoms. The van der Waals surface area contributed by atoms with E-state index in [0.29, 0.717) is 17.2 Å². The van der Waals surface area contributed by atoms with Gasteiger partial charge in [0.05, 0.1) is 0 Å². The van der Waals surface area contributed by atoms with Gasteiger partial charge in [-0.05, 0) is 43.5 Å². The zero-order valence-electron chi connectivity index (χ0n) is 10.1. The number of halogens is 1. The van der Waals surface area contributed by atoms with Gasteiger partial charge >= 0.3 is 6.03 Å². The van der Waals surface area contributed by atoms with Crippen molar-refractivity contribution in [3.8, 4) is 5.75 Å². The third-order valence-electron chi connectivity index (χ3n) is 3.65. The molecule has 1 saturated heterocycles. The number of imide groups is 1. The number of hydrogen-bond donors (Lipinski definition) is 2. The predicted octanol–water partition coefficient (Wildman–Crippen LogP) is 1.85. The van der Waals surface area contributed by atoms with Crippen molar-refractivity contribution in [2.75, 3.05) is 0 Å². The second-order valence-corrected chi connectivity index (χ2v) is 5.27. The van der Waals surface area contributed by atoms with Crippen molar-refractivity contribution in [1.29, 1.82) is 0 Å². The number of amides is 3. The molecule has 1 heterocycles. The molecule has 2 N–H and O–H groups in total. The van der Waals surface area contributed by atoms with Gasteiger partial charge in [0.1, 0.15) is 11.9 Å². The van der Waals surface area contributed by atoms with Crippen molar-refractivity contribution in [3.63, 3.8) is 0 Å². The van der Waals surface area contributed by atoms with Crippen LogP contribution in [-0.2, 0) is 4.79 Å². The molecule has 1 saturated carbocycles. The fourth-order valence-corrected chi connectivity index (χ4v) is 2.84. The van der Waals surface area contributed by atoms with Crippen LogP contribution in [-0.4, -0.2) is 23.6 Å². The lowest BCUT2D eigenvalue weighted by Crippen LogP contribution is -2.55. The molecule has 0 bridgehead atoms. The van der Waals surface area contributed by atoms with Crippen LogP contribution in [0, 0.1) is 0 Å². The maximum atomic E-state index is 12.0. The van der Waals surface area contributed by atoms with Gasteiger partial charge < -0.3 is 10.1 Å². The summed E-state index contributed by atoms with van der Waals surface area (Å²) in [6.07, 6.45) is 1.82. The van der Waals surface area contributed by atoms with Gasteiger partial charge in [-0.25, -0.2) is 4.79 Å². The molecule has 0 aromatic heterocycles. The molecule has 1 aliphatic carbocycles. The summed E-state index contributed by atoms with van der Waals surface area (Å²) >= 11 is 5.81. The summed E-state index contributed by atoms with van der Waals surface area (Å²) in [5.74, 6) is 0.346. The Balaban J connectivity index is 1.82. The zero-order valence-corrected chi connectivity index (χ0v) is 10.9. The molecule has 100 valence electrons. The van der Waals surface area contributed by atoms with Crippen LogP contribution in [0.25, 0.3) is 0 Å². The molecule has 2 unspecified atom stereocenters. The van der Waals surface area contributed by atoms with Gasteiger partial charge in [0.2, 0.25) is 0 Å². The summed E-state index contributed by atoms with van der Waals surface area (Å²) in [5.41, 5.74) is -0.920. The van der Waals surface area contributed by atoms with Crippen LogP contribution in [0.5, 0.6) is 5.75 Å². The Kier molecular flexibility index (Phi) is 2.86. The number of ether oxygens (including phenoxy) is 1. The lowest BCUT2D eigenvalue weighted by molar-refractivity contribution is -0.126. The van der Waals surface area contributed by atoms with E-state index in [0.717, 1.165) is 12.8 Å². The molecular weight excluding hydrogens is 268 g/mol. The Morgan fingerprint density at radius 1 is 1.26 bits per heavy atom. The number of urea groups is 1. The number of hydrogen-bond acceptors (Lipinski definition) is 3. The Morgan fingerprint density at radius 3 is 2.63 bits per heavy atom. The lowest BCUT2D eigenvalue weighted by atomic mass is 9.95. The van der Waals surface area contributed by atoms with Crippen molar-refractivity contribution >= 4 is 23.5 Å². The van der Waals surface area contributed by atoms with Crippen molar-refractivity contribution in [3.05, 3.63) is 29.3 Å². The largest absolute Gasteiger partial charge is 0.487 e.